The van der Waals surface area contributed by atoms with Gasteiger partial charge in [-0.2, -0.15) is 13.2 Å². The maximum atomic E-state index is 13.4. The fourth-order valence-electron chi connectivity index (χ4n) is 4.44. The van der Waals surface area contributed by atoms with Crippen LogP contribution in [0.3, 0.4) is 0 Å². The quantitative estimate of drug-likeness (QED) is 0.230. The fourth-order valence-corrected chi connectivity index (χ4v) is 4.79. The fraction of sp³-hybridized carbons (Fsp3) is 0.214. The summed E-state index contributed by atoms with van der Waals surface area (Å²) >= 11 is 6.31. The van der Waals surface area contributed by atoms with Crippen molar-refractivity contribution in [3.05, 3.63) is 93.5 Å². The molecule has 1 saturated heterocycles. The molecule has 38 heavy (non-hydrogen) atoms. The van der Waals surface area contributed by atoms with Crippen molar-refractivity contribution in [2.24, 2.45) is 0 Å². The number of aryl methyl sites for hydroxylation is 1. The van der Waals surface area contributed by atoms with E-state index in [0.29, 0.717) is 11.1 Å². The molecule has 0 radical (unpaired) electrons. The molecule has 1 aliphatic rings. The van der Waals surface area contributed by atoms with E-state index in [2.05, 4.69) is 0 Å². The Morgan fingerprint density at radius 2 is 1.63 bits per heavy atom. The van der Waals surface area contributed by atoms with Crippen LogP contribution in [-0.4, -0.2) is 38.0 Å². The molecule has 0 aliphatic carbocycles. The summed E-state index contributed by atoms with van der Waals surface area (Å²) in [6.45, 7) is 1.74. The molecule has 0 bridgehead atoms. The standard InChI is InChI=1S/C28H24ClF3N2O4/c1-15-13-20(26(38-4)21(29)14-15)24(35)22-23(16-5-9-18(10-6-16)33(2)3)34(27(37)25(22)36)19-11-7-17(8-12-19)28(30,31)32/h5-14,23,35H,1-4H3/b24-22+. The minimum absolute atomic E-state index is 0.0649. The number of aliphatic hydroxyl groups excluding tert-OH is 1. The summed E-state index contributed by atoms with van der Waals surface area (Å²) in [5.41, 5.74) is 1.01. The largest absolute Gasteiger partial charge is 0.507 e. The van der Waals surface area contributed by atoms with Crippen LogP contribution < -0.4 is 14.5 Å². The molecule has 1 amide bonds. The van der Waals surface area contributed by atoms with Crippen LogP contribution in [0.1, 0.15) is 28.3 Å². The maximum absolute atomic E-state index is 13.4. The normalized spacial score (nSPS) is 17.2. The summed E-state index contributed by atoms with van der Waals surface area (Å²) in [6, 6.07) is 12.9. The van der Waals surface area contributed by atoms with Crippen LogP contribution in [0.25, 0.3) is 5.76 Å². The zero-order valence-electron chi connectivity index (χ0n) is 20.9. The zero-order valence-corrected chi connectivity index (χ0v) is 21.7. The van der Waals surface area contributed by atoms with Gasteiger partial charge in [0.25, 0.3) is 11.7 Å². The second-order valence-electron chi connectivity index (χ2n) is 9.03. The number of ether oxygens (including phenoxy) is 1. The number of amides is 1. The van der Waals surface area contributed by atoms with E-state index in [1.54, 1.807) is 43.3 Å². The minimum Gasteiger partial charge on any atom is -0.507 e. The van der Waals surface area contributed by atoms with Gasteiger partial charge in [0.15, 0.2) is 0 Å². The third-order valence-electron chi connectivity index (χ3n) is 6.29. The van der Waals surface area contributed by atoms with Gasteiger partial charge in [-0.25, -0.2) is 0 Å². The first kappa shape index (κ1) is 27.1. The van der Waals surface area contributed by atoms with Crippen LogP contribution in [0.2, 0.25) is 5.02 Å². The number of aliphatic hydroxyl groups is 1. The highest BCUT2D eigenvalue weighted by Crippen LogP contribution is 2.45. The summed E-state index contributed by atoms with van der Waals surface area (Å²) in [7, 11) is 5.04. The lowest BCUT2D eigenvalue weighted by molar-refractivity contribution is -0.137. The van der Waals surface area contributed by atoms with E-state index in [4.69, 9.17) is 16.3 Å². The van der Waals surface area contributed by atoms with Crippen molar-refractivity contribution in [2.75, 3.05) is 31.0 Å². The molecular formula is C28H24ClF3N2O4. The molecule has 10 heteroatoms. The molecular weight excluding hydrogens is 521 g/mol. The number of benzene rings is 3. The van der Waals surface area contributed by atoms with Gasteiger partial charge in [0, 0.05) is 25.5 Å². The Balaban J connectivity index is 1.96. The number of nitrogens with zero attached hydrogens (tertiary/aromatic N) is 2. The SMILES string of the molecule is COc1c(Cl)cc(C)cc1/C(O)=C1\C(=O)C(=O)N(c2ccc(C(F)(F)F)cc2)C1c1ccc(N(C)C)cc1. The lowest BCUT2D eigenvalue weighted by Crippen LogP contribution is -2.29. The van der Waals surface area contributed by atoms with E-state index in [0.717, 1.165) is 34.9 Å². The van der Waals surface area contributed by atoms with Crippen molar-refractivity contribution in [3.8, 4) is 5.75 Å². The van der Waals surface area contributed by atoms with Crippen LogP contribution in [0.4, 0.5) is 24.5 Å². The summed E-state index contributed by atoms with van der Waals surface area (Å²) in [4.78, 5) is 29.7. The van der Waals surface area contributed by atoms with E-state index in [1.165, 1.54) is 7.11 Å². The molecule has 4 rings (SSSR count). The van der Waals surface area contributed by atoms with Crippen molar-refractivity contribution in [1.29, 1.82) is 0 Å². The average Bonchev–Trinajstić information content (AvgIpc) is 3.13. The molecule has 1 fully saturated rings. The van der Waals surface area contributed by atoms with Crippen molar-refractivity contribution >= 4 is 40.4 Å². The van der Waals surface area contributed by atoms with Crippen LogP contribution >= 0.6 is 11.6 Å². The van der Waals surface area contributed by atoms with Gasteiger partial charge < -0.3 is 14.7 Å². The number of carbonyl (C=O) groups excluding carboxylic acids is 2. The Hall–Kier alpha value is -3.98. The Labute approximate surface area is 222 Å². The summed E-state index contributed by atoms with van der Waals surface area (Å²) < 4.78 is 44.9. The molecule has 0 spiro atoms. The van der Waals surface area contributed by atoms with Crippen molar-refractivity contribution in [3.63, 3.8) is 0 Å². The van der Waals surface area contributed by atoms with Crippen LogP contribution in [-0.2, 0) is 15.8 Å². The van der Waals surface area contributed by atoms with Gasteiger partial charge in [-0.1, -0.05) is 23.7 Å². The molecule has 1 atom stereocenters. The summed E-state index contributed by atoms with van der Waals surface area (Å²) in [6.07, 6.45) is -4.57. The number of anilines is 2. The lowest BCUT2D eigenvalue weighted by Gasteiger charge is -2.26. The number of halogens is 4. The van der Waals surface area contributed by atoms with Crippen LogP contribution in [0.5, 0.6) is 5.75 Å². The second kappa shape index (κ2) is 10.1. The monoisotopic (exact) mass is 544 g/mol. The predicted octanol–water partition coefficient (Wildman–Crippen LogP) is 6.37. The predicted molar refractivity (Wildman–Crippen MR) is 140 cm³/mol. The third-order valence-corrected chi connectivity index (χ3v) is 6.57. The highest BCUT2D eigenvalue weighted by Gasteiger charge is 2.47. The van der Waals surface area contributed by atoms with Gasteiger partial charge in [0.2, 0.25) is 0 Å². The molecule has 1 N–H and O–H groups in total. The van der Waals surface area contributed by atoms with Crippen LogP contribution in [0, 0.1) is 6.92 Å². The number of hydrogen-bond donors (Lipinski definition) is 1. The Kier molecular flexibility index (Phi) is 7.16. The topological polar surface area (TPSA) is 70.1 Å². The van der Waals surface area contributed by atoms with Gasteiger partial charge in [0.05, 0.1) is 34.9 Å². The minimum atomic E-state index is -4.57. The Morgan fingerprint density at radius 1 is 1.03 bits per heavy atom. The molecule has 0 saturated carbocycles. The maximum Gasteiger partial charge on any atom is 0.416 e. The number of methoxy groups -OCH3 is 1. The zero-order chi connectivity index (χ0) is 27.9. The van der Waals surface area contributed by atoms with E-state index < -0.39 is 35.2 Å². The van der Waals surface area contributed by atoms with Gasteiger partial charge in [-0.05, 0) is 66.6 Å². The molecule has 0 aromatic heterocycles. The van der Waals surface area contributed by atoms with Gasteiger partial charge in [-0.3, -0.25) is 14.5 Å². The third kappa shape index (κ3) is 4.81. The highest BCUT2D eigenvalue weighted by atomic mass is 35.5. The van der Waals surface area contributed by atoms with E-state index >= 15 is 0 Å². The lowest BCUT2D eigenvalue weighted by atomic mass is 9.94. The second-order valence-corrected chi connectivity index (χ2v) is 9.43. The molecule has 198 valence electrons. The molecule has 6 nitrogen and oxygen atoms in total. The molecule has 3 aromatic rings. The van der Waals surface area contributed by atoms with E-state index in [-0.39, 0.29) is 27.6 Å². The van der Waals surface area contributed by atoms with Crippen molar-refractivity contribution < 1.29 is 32.6 Å². The number of hydrogen-bond acceptors (Lipinski definition) is 5. The van der Waals surface area contributed by atoms with Crippen LogP contribution in [0.15, 0.2) is 66.2 Å². The average molecular weight is 545 g/mol. The smallest absolute Gasteiger partial charge is 0.416 e. The first-order valence-corrected chi connectivity index (χ1v) is 11.8. The van der Waals surface area contributed by atoms with Gasteiger partial charge in [0.1, 0.15) is 11.5 Å². The summed E-state index contributed by atoms with van der Waals surface area (Å²) in [5, 5.41) is 11.6. The number of ketones is 1. The number of Topliss-reactive ketones (excluding diaryl/α,β-unsaturated/α-hetero) is 1. The molecule has 1 heterocycles. The molecule has 1 aliphatic heterocycles. The number of alkyl halides is 3. The first-order valence-electron chi connectivity index (χ1n) is 11.4. The van der Waals surface area contributed by atoms with Gasteiger partial charge >= 0.3 is 6.18 Å². The van der Waals surface area contributed by atoms with E-state index in [9.17, 15) is 27.9 Å². The number of rotatable bonds is 5. The Morgan fingerprint density at radius 3 is 2.16 bits per heavy atom. The highest BCUT2D eigenvalue weighted by molar-refractivity contribution is 6.51. The molecule has 3 aromatic carbocycles. The van der Waals surface area contributed by atoms with E-state index in [1.807, 2.05) is 19.0 Å². The Bertz CT molecular complexity index is 1430. The van der Waals surface area contributed by atoms with Crippen molar-refractivity contribution in [2.45, 2.75) is 19.1 Å². The summed E-state index contributed by atoms with van der Waals surface area (Å²) in [5.74, 6) is -2.39. The van der Waals surface area contributed by atoms with Crippen molar-refractivity contribution in [1.82, 2.24) is 0 Å². The van der Waals surface area contributed by atoms with Gasteiger partial charge in [-0.15, -0.1) is 0 Å². The number of carbonyl (C=O) groups is 2. The molecule has 1 unspecified atom stereocenters. The first-order chi connectivity index (χ1) is 17.8.